The molecule has 0 unspecified atom stereocenters. The number of aromatic amines is 1. The number of esters is 1. The molecule has 2 aliphatic rings. The number of hydrogen-bond acceptors (Lipinski definition) is 3. The van der Waals surface area contributed by atoms with Crippen LogP contribution in [0.25, 0.3) is 16.6 Å². The van der Waals surface area contributed by atoms with E-state index in [0.29, 0.717) is 5.57 Å². The Hall–Kier alpha value is -3.27. The molecular formula is C24H22N2O2. The molecule has 1 aromatic heterocycles. The van der Waals surface area contributed by atoms with Gasteiger partial charge in [-0.05, 0) is 30.5 Å². The fourth-order valence-electron chi connectivity index (χ4n) is 4.41. The van der Waals surface area contributed by atoms with Crippen LogP contribution in [0.2, 0.25) is 0 Å². The molecule has 0 saturated carbocycles. The molecule has 2 aliphatic heterocycles. The van der Waals surface area contributed by atoms with Crippen molar-refractivity contribution in [2.45, 2.75) is 19.3 Å². The molecule has 3 heterocycles. The Kier molecular flexibility index (Phi) is 3.86. The van der Waals surface area contributed by atoms with Gasteiger partial charge in [-0.3, -0.25) is 0 Å². The molecule has 28 heavy (non-hydrogen) atoms. The first-order chi connectivity index (χ1) is 13.7. The van der Waals surface area contributed by atoms with E-state index in [1.807, 2.05) is 6.07 Å². The Labute approximate surface area is 164 Å². The number of methoxy groups -OCH3 is 1. The van der Waals surface area contributed by atoms with Crippen molar-refractivity contribution < 1.29 is 9.53 Å². The number of ether oxygens (including phenoxy) is 1. The minimum atomic E-state index is -0.276. The number of aryl methyl sites for hydroxylation is 1. The van der Waals surface area contributed by atoms with Crippen LogP contribution in [0.1, 0.15) is 28.3 Å². The Morgan fingerprint density at radius 1 is 1.14 bits per heavy atom. The van der Waals surface area contributed by atoms with Crippen LogP contribution in [0.4, 0.5) is 0 Å². The number of allylic oxidation sites excluding steroid dienone is 1. The summed E-state index contributed by atoms with van der Waals surface area (Å²) < 4.78 is 5.23. The van der Waals surface area contributed by atoms with E-state index in [2.05, 4.69) is 71.5 Å². The predicted octanol–water partition coefficient (Wildman–Crippen LogP) is 4.53. The van der Waals surface area contributed by atoms with Gasteiger partial charge in [-0.2, -0.15) is 0 Å². The summed E-state index contributed by atoms with van der Waals surface area (Å²) in [5, 5.41) is 1.23. The first-order valence-electron chi connectivity index (χ1n) is 9.61. The van der Waals surface area contributed by atoms with Crippen LogP contribution in [-0.2, 0) is 16.0 Å². The van der Waals surface area contributed by atoms with Gasteiger partial charge in [-0.15, -0.1) is 0 Å². The first kappa shape index (κ1) is 16.9. The number of benzene rings is 2. The third-order valence-electron chi connectivity index (χ3n) is 5.81. The van der Waals surface area contributed by atoms with Crippen LogP contribution >= 0.6 is 0 Å². The van der Waals surface area contributed by atoms with E-state index in [1.165, 1.54) is 23.6 Å². The fourth-order valence-corrected chi connectivity index (χ4v) is 4.41. The molecule has 0 fully saturated rings. The number of nitrogens with one attached hydrogen (secondary N) is 1. The lowest BCUT2D eigenvalue weighted by Crippen LogP contribution is -2.31. The highest BCUT2D eigenvalue weighted by atomic mass is 16.5. The van der Waals surface area contributed by atoms with Crippen LogP contribution in [0.15, 0.2) is 66.4 Å². The van der Waals surface area contributed by atoms with Gasteiger partial charge in [0.1, 0.15) is 0 Å². The molecule has 140 valence electrons. The Bertz CT molecular complexity index is 1140. The lowest BCUT2D eigenvalue weighted by molar-refractivity contribution is -0.136. The molecule has 3 aromatic rings. The van der Waals surface area contributed by atoms with Crippen molar-refractivity contribution >= 4 is 22.6 Å². The molecule has 4 heteroatoms. The Balaban J connectivity index is 1.76. The van der Waals surface area contributed by atoms with E-state index < -0.39 is 0 Å². The topological polar surface area (TPSA) is 45.3 Å². The van der Waals surface area contributed by atoms with Crippen molar-refractivity contribution in [1.29, 1.82) is 0 Å². The molecule has 2 aromatic carbocycles. The molecular weight excluding hydrogens is 348 g/mol. The van der Waals surface area contributed by atoms with Crippen molar-refractivity contribution in [3.63, 3.8) is 0 Å². The van der Waals surface area contributed by atoms with Gasteiger partial charge in [-0.25, -0.2) is 4.79 Å². The van der Waals surface area contributed by atoms with Gasteiger partial charge >= 0.3 is 5.97 Å². The lowest BCUT2D eigenvalue weighted by Gasteiger charge is -2.35. The van der Waals surface area contributed by atoms with Crippen molar-refractivity contribution in [2.75, 3.05) is 13.7 Å². The van der Waals surface area contributed by atoms with Crippen molar-refractivity contribution in [2.24, 2.45) is 0 Å². The van der Waals surface area contributed by atoms with Crippen molar-refractivity contribution in [3.05, 3.63) is 88.8 Å². The zero-order valence-corrected chi connectivity index (χ0v) is 16.0. The van der Waals surface area contributed by atoms with Gasteiger partial charge in [0.2, 0.25) is 0 Å². The number of H-pyrrole nitrogens is 1. The number of aromatic nitrogens is 1. The summed E-state index contributed by atoms with van der Waals surface area (Å²) in [5.74, 6) is -0.405. The molecule has 1 atom stereocenters. The molecule has 0 aliphatic carbocycles. The maximum absolute atomic E-state index is 12.9. The number of fused-ring (bicyclic) bond motifs is 5. The third kappa shape index (κ3) is 2.48. The van der Waals surface area contributed by atoms with Crippen LogP contribution in [0.3, 0.4) is 0 Å². The normalized spacial score (nSPS) is 18.2. The van der Waals surface area contributed by atoms with E-state index in [9.17, 15) is 4.79 Å². The fraction of sp³-hybridized carbons (Fsp3) is 0.208. The number of hydrogen-bond donors (Lipinski definition) is 1. The van der Waals surface area contributed by atoms with Crippen LogP contribution < -0.4 is 0 Å². The lowest BCUT2D eigenvalue weighted by atomic mass is 9.84. The van der Waals surface area contributed by atoms with Crippen LogP contribution in [-0.4, -0.2) is 29.5 Å². The summed E-state index contributed by atoms with van der Waals surface area (Å²) >= 11 is 0. The maximum atomic E-state index is 12.9. The van der Waals surface area contributed by atoms with E-state index >= 15 is 0 Å². The second-order valence-electron chi connectivity index (χ2n) is 7.45. The van der Waals surface area contributed by atoms with Gasteiger partial charge in [0.15, 0.2) is 0 Å². The zero-order chi connectivity index (χ0) is 19.3. The number of carbonyl (C=O) groups excluding carboxylic acids is 1. The second kappa shape index (κ2) is 6.41. The SMILES string of the molecule is COC(=O)C1=C2c3[nH]c4ccccc4c3CCN2C=C[C@H]1c1ccc(C)cc1. The minimum Gasteiger partial charge on any atom is -0.466 e. The first-order valence-corrected chi connectivity index (χ1v) is 9.61. The molecule has 0 amide bonds. The smallest absolute Gasteiger partial charge is 0.336 e. The van der Waals surface area contributed by atoms with Crippen molar-refractivity contribution in [1.82, 2.24) is 9.88 Å². The summed E-state index contributed by atoms with van der Waals surface area (Å²) in [6.07, 6.45) is 5.16. The van der Waals surface area contributed by atoms with Gasteiger partial charge in [0, 0.05) is 29.6 Å². The molecule has 0 bridgehead atoms. The van der Waals surface area contributed by atoms with E-state index in [4.69, 9.17) is 4.74 Å². The van der Waals surface area contributed by atoms with Crippen LogP contribution in [0.5, 0.6) is 0 Å². The number of para-hydroxylation sites is 1. The summed E-state index contributed by atoms with van der Waals surface area (Å²) in [4.78, 5) is 18.7. The minimum absolute atomic E-state index is 0.128. The molecule has 1 N–H and O–H groups in total. The largest absolute Gasteiger partial charge is 0.466 e. The van der Waals surface area contributed by atoms with E-state index in [0.717, 1.165) is 35.4 Å². The van der Waals surface area contributed by atoms with Gasteiger partial charge in [0.25, 0.3) is 0 Å². The zero-order valence-electron chi connectivity index (χ0n) is 16.0. The molecule has 0 spiro atoms. The summed E-state index contributed by atoms with van der Waals surface area (Å²) in [6.45, 7) is 2.92. The molecule has 0 saturated heterocycles. The number of rotatable bonds is 2. The number of nitrogens with zero attached hydrogens (tertiary/aromatic N) is 1. The predicted molar refractivity (Wildman–Crippen MR) is 111 cm³/mol. The average molecular weight is 370 g/mol. The highest BCUT2D eigenvalue weighted by molar-refractivity contribution is 6.02. The Morgan fingerprint density at radius 3 is 2.71 bits per heavy atom. The summed E-state index contributed by atoms with van der Waals surface area (Å²) in [6, 6.07) is 16.7. The average Bonchev–Trinajstić information content (AvgIpc) is 3.12. The van der Waals surface area contributed by atoms with Gasteiger partial charge < -0.3 is 14.6 Å². The maximum Gasteiger partial charge on any atom is 0.336 e. The van der Waals surface area contributed by atoms with Crippen LogP contribution in [0, 0.1) is 6.92 Å². The molecule has 0 radical (unpaired) electrons. The molecule has 5 rings (SSSR count). The molecule has 4 nitrogen and oxygen atoms in total. The standard InChI is InChI=1S/C24H22N2O2/c1-15-7-9-16(10-8-15)17-11-13-26-14-12-19-18-5-3-4-6-20(18)25-22(19)23(26)21(17)24(27)28-2/h3-11,13,17,25H,12,14H2,1-2H3/t17-/m0/s1. The second-order valence-corrected chi connectivity index (χ2v) is 7.45. The Morgan fingerprint density at radius 2 is 1.93 bits per heavy atom. The van der Waals surface area contributed by atoms with Gasteiger partial charge in [-0.1, -0.05) is 54.1 Å². The van der Waals surface area contributed by atoms with E-state index in [-0.39, 0.29) is 11.9 Å². The van der Waals surface area contributed by atoms with Gasteiger partial charge in [0.05, 0.1) is 24.1 Å². The highest BCUT2D eigenvalue weighted by Gasteiger charge is 2.35. The quantitative estimate of drug-likeness (QED) is 0.674. The highest BCUT2D eigenvalue weighted by Crippen LogP contribution is 2.43. The summed E-state index contributed by atoms with van der Waals surface area (Å²) in [5.41, 5.74) is 7.35. The van der Waals surface area contributed by atoms with E-state index in [1.54, 1.807) is 0 Å². The monoisotopic (exact) mass is 370 g/mol. The number of carbonyl (C=O) groups is 1. The van der Waals surface area contributed by atoms with Crippen molar-refractivity contribution in [3.8, 4) is 0 Å². The third-order valence-corrected chi connectivity index (χ3v) is 5.81. The summed E-state index contributed by atoms with van der Waals surface area (Å²) in [7, 11) is 1.46.